The molecular formula is C26H35N3O3S. The summed E-state index contributed by atoms with van der Waals surface area (Å²) < 4.78 is 27.3. The van der Waals surface area contributed by atoms with Gasteiger partial charge in [-0.25, -0.2) is 12.7 Å². The zero-order chi connectivity index (χ0) is 23.1. The summed E-state index contributed by atoms with van der Waals surface area (Å²) in [6.45, 7) is 2.94. The SMILES string of the molecule is O=C(Nc1ccc(N2CCCCC2)cc1)[C@H]1CCCN(S(=O)(=O)CCCc2ccccc2)C1. The van der Waals surface area contributed by atoms with Crippen molar-refractivity contribution in [3.05, 3.63) is 60.2 Å². The van der Waals surface area contributed by atoms with Crippen molar-refractivity contribution in [1.82, 2.24) is 4.31 Å². The maximum absolute atomic E-state index is 12.9. The number of nitrogens with zero attached hydrogens (tertiary/aromatic N) is 2. The van der Waals surface area contributed by atoms with Crippen LogP contribution >= 0.6 is 0 Å². The van der Waals surface area contributed by atoms with E-state index in [1.165, 1.54) is 29.3 Å². The van der Waals surface area contributed by atoms with Crippen molar-refractivity contribution in [3.63, 3.8) is 0 Å². The molecule has 0 unspecified atom stereocenters. The second-order valence-corrected chi connectivity index (χ2v) is 11.3. The summed E-state index contributed by atoms with van der Waals surface area (Å²) in [7, 11) is -3.36. The zero-order valence-corrected chi connectivity index (χ0v) is 20.1. The molecule has 0 bridgehead atoms. The Labute approximate surface area is 198 Å². The quantitative estimate of drug-likeness (QED) is 0.626. The summed E-state index contributed by atoms with van der Waals surface area (Å²) in [6.07, 6.45) is 6.51. The fraction of sp³-hybridized carbons (Fsp3) is 0.500. The first-order chi connectivity index (χ1) is 16.0. The molecule has 2 aromatic carbocycles. The third-order valence-corrected chi connectivity index (χ3v) is 8.64. The van der Waals surface area contributed by atoms with Crippen molar-refractivity contribution in [2.24, 2.45) is 5.92 Å². The van der Waals surface area contributed by atoms with E-state index in [9.17, 15) is 13.2 Å². The molecule has 2 aliphatic rings. The lowest BCUT2D eigenvalue weighted by atomic mass is 9.98. The molecule has 2 saturated heterocycles. The van der Waals surface area contributed by atoms with Gasteiger partial charge >= 0.3 is 0 Å². The van der Waals surface area contributed by atoms with E-state index in [0.29, 0.717) is 25.8 Å². The Kier molecular flexibility index (Phi) is 8.04. The number of hydrogen-bond acceptors (Lipinski definition) is 4. The van der Waals surface area contributed by atoms with Crippen molar-refractivity contribution >= 4 is 27.3 Å². The summed E-state index contributed by atoms with van der Waals surface area (Å²) >= 11 is 0. The highest BCUT2D eigenvalue weighted by molar-refractivity contribution is 7.89. The number of nitrogens with one attached hydrogen (secondary N) is 1. The number of amides is 1. The van der Waals surface area contributed by atoms with E-state index in [0.717, 1.165) is 30.8 Å². The number of anilines is 2. The summed E-state index contributed by atoms with van der Waals surface area (Å²) in [5.41, 5.74) is 3.11. The Morgan fingerprint density at radius 3 is 2.36 bits per heavy atom. The molecule has 6 nitrogen and oxygen atoms in total. The summed E-state index contributed by atoms with van der Waals surface area (Å²) in [6, 6.07) is 18.0. The molecule has 2 heterocycles. The maximum atomic E-state index is 12.9. The van der Waals surface area contributed by atoms with Crippen LogP contribution in [0.3, 0.4) is 0 Å². The molecule has 0 aliphatic carbocycles. The molecule has 2 fully saturated rings. The fourth-order valence-corrected chi connectivity index (χ4v) is 6.38. The number of benzene rings is 2. The first-order valence-electron chi connectivity index (χ1n) is 12.2. The third kappa shape index (κ3) is 6.58. The van der Waals surface area contributed by atoms with Crippen molar-refractivity contribution < 1.29 is 13.2 Å². The van der Waals surface area contributed by atoms with Gasteiger partial charge in [0.25, 0.3) is 0 Å². The van der Waals surface area contributed by atoms with Crippen LogP contribution in [0.4, 0.5) is 11.4 Å². The third-order valence-electron chi connectivity index (χ3n) is 6.71. The smallest absolute Gasteiger partial charge is 0.228 e. The predicted octanol–water partition coefficient (Wildman–Crippen LogP) is 4.29. The molecule has 4 rings (SSSR count). The number of piperidine rings is 2. The second-order valence-electron chi connectivity index (χ2n) is 9.19. The Hall–Kier alpha value is -2.38. The molecule has 2 aliphatic heterocycles. The van der Waals surface area contributed by atoms with Crippen molar-refractivity contribution in [2.45, 2.75) is 44.9 Å². The minimum atomic E-state index is -3.36. The summed E-state index contributed by atoms with van der Waals surface area (Å²) in [4.78, 5) is 15.3. The lowest BCUT2D eigenvalue weighted by molar-refractivity contribution is -0.120. The molecule has 2 aromatic rings. The fourth-order valence-electron chi connectivity index (χ4n) is 4.79. The van der Waals surface area contributed by atoms with Crippen molar-refractivity contribution in [3.8, 4) is 0 Å². The highest BCUT2D eigenvalue weighted by Gasteiger charge is 2.32. The molecule has 0 spiro atoms. The van der Waals surface area contributed by atoms with E-state index < -0.39 is 10.0 Å². The van der Waals surface area contributed by atoms with Crippen LogP contribution in [0.2, 0.25) is 0 Å². The summed E-state index contributed by atoms with van der Waals surface area (Å²) in [5.74, 6) is -0.289. The summed E-state index contributed by atoms with van der Waals surface area (Å²) in [5, 5.41) is 3.00. The van der Waals surface area contributed by atoms with Gasteiger partial charge in [0.05, 0.1) is 11.7 Å². The number of rotatable bonds is 8. The molecule has 7 heteroatoms. The number of hydrogen-bond donors (Lipinski definition) is 1. The van der Waals surface area contributed by atoms with Gasteiger partial charge in [0, 0.05) is 37.6 Å². The van der Waals surface area contributed by atoms with Crippen LogP contribution in [0.1, 0.15) is 44.1 Å². The zero-order valence-electron chi connectivity index (χ0n) is 19.3. The first-order valence-corrected chi connectivity index (χ1v) is 13.8. The topological polar surface area (TPSA) is 69.7 Å². The van der Waals surface area contributed by atoms with E-state index in [4.69, 9.17) is 0 Å². The van der Waals surface area contributed by atoms with Crippen molar-refractivity contribution in [1.29, 1.82) is 0 Å². The number of carbonyl (C=O) groups excluding carboxylic acids is 1. The van der Waals surface area contributed by atoms with Gasteiger partial charge < -0.3 is 10.2 Å². The van der Waals surface area contributed by atoms with Gasteiger partial charge in [0.1, 0.15) is 0 Å². The number of aryl methyl sites for hydroxylation is 1. The van der Waals surface area contributed by atoms with E-state index in [1.54, 1.807) is 0 Å². The van der Waals surface area contributed by atoms with Gasteiger partial charge in [-0.05, 0) is 74.8 Å². The van der Waals surface area contributed by atoms with E-state index in [-0.39, 0.29) is 24.1 Å². The highest BCUT2D eigenvalue weighted by Crippen LogP contribution is 2.24. The van der Waals surface area contributed by atoms with Crippen molar-refractivity contribution in [2.75, 3.05) is 42.1 Å². The number of sulfonamides is 1. The Morgan fingerprint density at radius 2 is 1.64 bits per heavy atom. The molecule has 33 heavy (non-hydrogen) atoms. The Bertz CT molecular complexity index is 1000. The Balaban J connectivity index is 1.28. The maximum Gasteiger partial charge on any atom is 0.228 e. The Morgan fingerprint density at radius 1 is 0.909 bits per heavy atom. The van der Waals surface area contributed by atoms with Crippen LogP contribution in [0.5, 0.6) is 0 Å². The van der Waals surface area contributed by atoms with Crippen LogP contribution in [0, 0.1) is 5.92 Å². The molecule has 178 valence electrons. The average Bonchev–Trinajstić information content (AvgIpc) is 2.86. The average molecular weight is 470 g/mol. The van der Waals surface area contributed by atoms with E-state index >= 15 is 0 Å². The van der Waals surface area contributed by atoms with Gasteiger partial charge in [-0.3, -0.25) is 4.79 Å². The molecule has 1 amide bonds. The normalized spacial score (nSPS) is 19.9. The number of carbonyl (C=O) groups is 1. The van der Waals surface area contributed by atoms with Gasteiger partial charge in [-0.1, -0.05) is 30.3 Å². The molecule has 0 radical (unpaired) electrons. The van der Waals surface area contributed by atoms with Gasteiger partial charge in [-0.2, -0.15) is 0 Å². The van der Waals surface area contributed by atoms with Crippen LogP contribution < -0.4 is 10.2 Å². The second kappa shape index (κ2) is 11.2. The molecular weight excluding hydrogens is 434 g/mol. The van der Waals surface area contributed by atoms with Crippen LogP contribution in [-0.4, -0.2) is 50.6 Å². The van der Waals surface area contributed by atoms with Gasteiger partial charge in [0.15, 0.2) is 0 Å². The van der Waals surface area contributed by atoms with Gasteiger partial charge in [-0.15, -0.1) is 0 Å². The standard InChI is InChI=1S/C26H35N3O3S/c30-26(27-24-13-15-25(16-14-24)28-17-5-2-6-18-28)23-12-7-19-29(21-23)33(31,32)20-8-11-22-9-3-1-4-10-22/h1,3-4,9-10,13-16,23H,2,5-8,11-12,17-21H2,(H,27,30)/t23-/m0/s1. The minimum Gasteiger partial charge on any atom is -0.372 e. The molecule has 1 atom stereocenters. The predicted molar refractivity (Wildman–Crippen MR) is 134 cm³/mol. The first kappa shape index (κ1) is 23.8. The van der Waals surface area contributed by atoms with Crippen LogP contribution in [-0.2, 0) is 21.2 Å². The lowest BCUT2D eigenvalue weighted by Crippen LogP contribution is -2.44. The van der Waals surface area contributed by atoms with Crippen LogP contribution in [0.25, 0.3) is 0 Å². The van der Waals surface area contributed by atoms with E-state index in [2.05, 4.69) is 22.3 Å². The monoisotopic (exact) mass is 469 g/mol. The highest BCUT2D eigenvalue weighted by atomic mass is 32.2. The van der Waals surface area contributed by atoms with Crippen LogP contribution in [0.15, 0.2) is 54.6 Å². The molecule has 1 N–H and O–H groups in total. The van der Waals surface area contributed by atoms with E-state index in [1.807, 2.05) is 42.5 Å². The minimum absolute atomic E-state index is 0.0927. The molecule has 0 aromatic heterocycles. The van der Waals surface area contributed by atoms with Gasteiger partial charge in [0.2, 0.25) is 15.9 Å². The largest absolute Gasteiger partial charge is 0.372 e. The molecule has 0 saturated carbocycles. The lowest BCUT2D eigenvalue weighted by Gasteiger charge is -2.31.